The van der Waals surface area contributed by atoms with Crippen LogP contribution in [0.4, 0.5) is 11.4 Å². The number of nitrogens with one attached hydrogen (secondary N) is 2. The van der Waals surface area contributed by atoms with Crippen molar-refractivity contribution in [1.82, 2.24) is 0 Å². The van der Waals surface area contributed by atoms with Crippen LogP contribution < -0.4 is 10.6 Å². The molecule has 4 nitrogen and oxygen atoms in total. The molecule has 1 unspecified atom stereocenters. The zero-order chi connectivity index (χ0) is 14.2. The van der Waals surface area contributed by atoms with E-state index in [1.165, 1.54) is 5.56 Å². The van der Waals surface area contributed by atoms with Gasteiger partial charge in [-0.25, -0.2) is 0 Å². The molecule has 4 heteroatoms. The molecule has 2 aliphatic heterocycles. The number of fused-ring (bicyclic) bond motifs is 1. The molecule has 108 valence electrons. The summed E-state index contributed by atoms with van der Waals surface area (Å²) < 4.78 is 5.75. The summed E-state index contributed by atoms with van der Waals surface area (Å²) in [6, 6.07) is 6.67. The molecule has 0 bridgehead atoms. The SMILES string of the molecule is CC1(C)CC(Nc2ccc3c(c2)CCC(=O)N3)CCO1. The second-order valence-corrected chi connectivity index (χ2v) is 6.36. The first-order valence-electron chi connectivity index (χ1n) is 7.35. The van der Waals surface area contributed by atoms with E-state index in [4.69, 9.17) is 4.74 Å². The quantitative estimate of drug-likeness (QED) is 0.871. The van der Waals surface area contributed by atoms with Gasteiger partial charge < -0.3 is 15.4 Å². The second kappa shape index (κ2) is 5.09. The van der Waals surface area contributed by atoms with E-state index in [2.05, 4.69) is 30.5 Å². The fraction of sp³-hybridized carbons (Fsp3) is 0.562. The van der Waals surface area contributed by atoms with Crippen molar-refractivity contribution in [2.75, 3.05) is 17.2 Å². The highest BCUT2D eigenvalue weighted by Crippen LogP contribution is 2.29. The molecule has 2 N–H and O–H groups in total. The zero-order valence-corrected chi connectivity index (χ0v) is 12.2. The number of anilines is 2. The largest absolute Gasteiger partial charge is 0.382 e. The number of hydrogen-bond acceptors (Lipinski definition) is 3. The topological polar surface area (TPSA) is 50.4 Å². The lowest BCUT2D eigenvalue weighted by molar-refractivity contribution is -0.116. The third kappa shape index (κ3) is 2.96. The van der Waals surface area contributed by atoms with E-state index < -0.39 is 0 Å². The molecule has 1 aromatic rings. The predicted octanol–water partition coefficient (Wildman–Crippen LogP) is 2.94. The number of aryl methyl sites for hydroxylation is 1. The minimum Gasteiger partial charge on any atom is -0.382 e. The molecule has 0 aromatic heterocycles. The first-order valence-corrected chi connectivity index (χ1v) is 7.35. The monoisotopic (exact) mass is 274 g/mol. The Morgan fingerprint density at radius 2 is 2.20 bits per heavy atom. The molecular formula is C16H22N2O2. The molecule has 1 amide bonds. The van der Waals surface area contributed by atoms with E-state index in [-0.39, 0.29) is 11.5 Å². The van der Waals surface area contributed by atoms with E-state index in [0.29, 0.717) is 12.5 Å². The summed E-state index contributed by atoms with van der Waals surface area (Å²) in [4.78, 5) is 11.4. The van der Waals surface area contributed by atoms with Crippen molar-refractivity contribution in [3.63, 3.8) is 0 Å². The summed E-state index contributed by atoms with van der Waals surface area (Å²) in [5, 5.41) is 6.52. The Bertz CT molecular complexity index is 525. The van der Waals surface area contributed by atoms with Gasteiger partial charge in [0.15, 0.2) is 0 Å². The summed E-state index contributed by atoms with van der Waals surface area (Å²) in [5.74, 6) is 0.115. The van der Waals surface area contributed by atoms with Gasteiger partial charge in [0.2, 0.25) is 5.91 Å². The summed E-state index contributed by atoms with van der Waals surface area (Å²) in [6.45, 7) is 5.10. The highest BCUT2D eigenvalue weighted by molar-refractivity contribution is 5.94. The molecule has 1 fully saturated rings. The lowest BCUT2D eigenvalue weighted by Gasteiger charge is -2.36. The van der Waals surface area contributed by atoms with E-state index in [0.717, 1.165) is 37.2 Å². The smallest absolute Gasteiger partial charge is 0.224 e. The van der Waals surface area contributed by atoms with Crippen molar-refractivity contribution < 1.29 is 9.53 Å². The normalized spacial score (nSPS) is 24.7. The van der Waals surface area contributed by atoms with Crippen molar-refractivity contribution in [3.05, 3.63) is 23.8 Å². The fourth-order valence-electron chi connectivity index (χ4n) is 3.06. The molecular weight excluding hydrogens is 252 g/mol. The molecule has 0 saturated carbocycles. The van der Waals surface area contributed by atoms with Crippen molar-refractivity contribution in [3.8, 4) is 0 Å². The van der Waals surface area contributed by atoms with Crippen LogP contribution in [0.2, 0.25) is 0 Å². The van der Waals surface area contributed by atoms with Crippen molar-refractivity contribution >= 4 is 17.3 Å². The number of ether oxygens (including phenoxy) is 1. The highest BCUT2D eigenvalue weighted by Gasteiger charge is 2.28. The van der Waals surface area contributed by atoms with Crippen LogP contribution in [0.15, 0.2) is 18.2 Å². The molecule has 1 atom stereocenters. The lowest BCUT2D eigenvalue weighted by atomic mass is 9.93. The van der Waals surface area contributed by atoms with Crippen molar-refractivity contribution in [2.45, 2.75) is 51.2 Å². The Balaban J connectivity index is 1.70. The minimum atomic E-state index is -0.0436. The number of carbonyl (C=O) groups excluding carboxylic acids is 1. The minimum absolute atomic E-state index is 0.0436. The maximum Gasteiger partial charge on any atom is 0.224 e. The third-order valence-corrected chi connectivity index (χ3v) is 4.07. The molecule has 0 radical (unpaired) electrons. The summed E-state index contributed by atoms with van der Waals surface area (Å²) in [7, 11) is 0. The van der Waals surface area contributed by atoms with Crippen LogP contribution in [0.1, 0.15) is 38.7 Å². The molecule has 1 saturated heterocycles. The average molecular weight is 274 g/mol. The van der Waals surface area contributed by atoms with Gasteiger partial charge in [0, 0.05) is 30.4 Å². The van der Waals surface area contributed by atoms with Gasteiger partial charge >= 0.3 is 0 Å². The maximum absolute atomic E-state index is 11.4. The van der Waals surface area contributed by atoms with Crippen LogP contribution in [0.25, 0.3) is 0 Å². The summed E-state index contributed by atoms with van der Waals surface area (Å²) in [5.41, 5.74) is 3.28. The first-order chi connectivity index (χ1) is 9.52. The van der Waals surface area contributed by atoms with Crippen LogP contribution >= 0.6 is 0 Å². The van der Waals surface area contributed by atoms with Gasteiger partial charge in [-0.3, -0.25) is 4.79 Å². The standard InChI is InChI=1S/C16H22N2O2/c1-16(2)10-13(7-8-20-16)17-12-4-5-14-11(9-12)3-6-15(19)18-14/h4-5,9,13,17H,3,6-8,10H2,1-2H3,(H,18,19). The Labute approximate surface area is 119 Å². The molecule has 2 heterocycles. The van der Waals surface area contributed by atoms with Crippen LogP contribution in [-0.4, -0.2) is 24.2 Å². The van der Waals surface area contributed by atoms with Gasteiger partial charge in [0.05, 0.1) is 5.60 Å². The van der Waals surface area contributed by atoms with Crippen molar-refractivity contribution in [2.24, 2.45) is 0 Å². The van der Waals surface area contributed by atoms with E-state index >= 15 is 0 Å². The van der Waals surface area contributed by atoms with E-state index in [1.807, 2.05) is 12.1 Å². The van der Waals surface area contributed by atoms with Crippen molar-refractivity contribution in [1.29, 1.82) is 0 Å². The average Bonchev–Trinajstić information content (AvgIpc) is 2.38. The highest BCUT2D eigenvalue weighted by atomic mass is 16.5. The predicted molar refractivity (Wildman–Crippen MR) is 80.1 cm³/mol. The second-order valence-electron chi connectivity index (χ2n) is 6.36. The summed E-state index contributed by atoms with van der Waals surface area (Å²) in [6.07, 6.45) is 3.47. The molecule has 3 rings (SSSR count). The van der Waals surface area contributed by atoms with Gasteiger partial charge in [-0.1, -0.05) is 0 Å². The number of hydrogen-bond donors (Lipinski definition) is 2. The fourth-order valence-corrected chi connectivity index (χ4v) is 3.06. The Hall–Kier alpha value is -1.55. The molecule has 1 aromatic carbocycles. The Kier molecular flexibility index (Phi) is 3.42. The Morgan fingerprint density at radius 1 is 1.35 bits per heavy atom. The van der Waals surface area contributed by atoms with Crippen LogP contribution in [0, 0.1) is 0 Å². The Morgan fingerprint density at radius 3 is 3.00 bits per heavy atom. The number of carbonyl (C=O) groups is 1. The number of benzene rings is 1. The zero-order valence-electron chi connectivity index (χ0n) is 12.2. The van der Waals surface area contributed by atoms with Crippen LogP contribution in [-0.2, 0) is 16.0 Å². The van der Waals surface area contributed by atoms with Gasteiger partial charge in [-0.15, -0.1) is 0 Å². The molecule has 20 heavy (non-hydrogen) atoms. The first kappa shape index (κ1) is 13.4. The molecule has 0 spiro atoms. The number of amides is 1. The number of rotatable bonds is 2. The molecule has 2 aliphatic rings. The maximum atomic E-state index is 11.4. The lowest BCUT2D eigenvalue weighted by Crippen LogP contribution is -2.40. The molecule has 0 aliphatic carbocycles. The summed E-state index contributed by atoms with van der Waals surface area (Å²) >= 11 is 0. The van der Waals surface area contributed by atoms with Gasteiger partial charge in [-0.2, -0.15) is 0 Å². The third-order valence-electron chi connectivity index (χ3n) is 4.07. The van der Waals surface area contributed by atoms with Crippen LogP contribution in [0.5, 0.6) is 0 Å². The van der Waals surface area contributed by atoms with Gasteiger partial charge in [-0.05, 0) is 56.9 Å². The van der Waals surface area contributed by atoms with E-state index in [1.54, 1.807) is 0 Å². The van der Waals surface area contributed by atoms with Crippen LogP contribution in [0.3, 0.4) is 0 Å². The van der Waals surface area contributed by atoms with E-state index in [9.17, 15) is 4.79 Å². The van der Waals surface area contributed by atoms with Gasteiger partial charge in [0.25, 0.3) is 0 Å². The van der Waals surface area contributed by atoms with Gasteiger partial charge in [0.1, 0.15) is 0 Å².